The molecule has 5 rings (SSSR count). The van der Waals surface area contributed by atoms with Crippen LogP contribution in [0.4, 0.5) is 5.88 Å². The molecule has 0 unspecified atom stereocenters. The number of nitrogens with zero attached hydrogens (tertiary/aromatic N) is 2. The first-order valence-electron chi connectivity index (χ1n) is 10.4. The number of rotatable bonds is 4. The summed E-state index contributed by atoms with van der Waals surface area (Å²) in [6.07, 6.45) is 4.24. The molecule has 0 bridgehead atoms. The van der Waals surface area contributed by atoms with Crippen LogP contribution < -0.4 is 5.73 Å². The van der Waals surface area contributed by atoms with E-state index in [1.807, 2.05) is 17.0 Å². The molecule has 2 fully saturated rings. The molecule has 148 valence electrons. The van der Waals surface area contributed by atoms with Crippen LogP contribution in [-0.2, 0) is 0 Å². The molecule has 2 heterocycles. The Kier molecular flexibility index (Phi) is 4.58. The smallest absolute Gasteiger partial charge is 0.253 e. The molecule has 0 radical (unpaired) electrons. The second-order valence-corrected chi connectivity index (χ2v) is 8.16. The van der Waals surface area contributed by atoms with Crippen LogP contribution in [0.2, 0.25) is 0 Å². The zero-order chi connectivity index (χ0) is 19.8. The standard InChI is InChI=1S/C24H25N3O2/c25-23-15-22(26-29-23)18-10-12-27(13-11-18)24(28)19-8-9-20(17-6-7-17)21(14-19)16-4-2-1-3-5-16/h1-5,8-9,14-15,17-18H,6-7,10-13,25H2. The number of nitrogens with two attached hydrogens (primary N) is 1. The highest BCUT2D eigenvalue weighted by molar-refractivity contribution is 5.96. The first-order valence-corrected chi connectivity index (χ1v) is 10.4. The molecule has 1 amide bonds. The number of hydrogen-bond acceptors (Lipinski definition) is 4. The third-order valence-corrected chi connectivity index (χ3v) is 6.15. The number of piperidine rings is 1. The van der Waals surface area contributed by atoms with Gasteiger partial charge in [-0.3, -0.25) is 4.79 Å². The molecule has 2 aromatic carbocycles. The molecule has 0 spiro atoms. The molecule has 1 aliphatic carbocycles. The molecule has 1 saturated carbocycles. The van der Waals surface area contributed by atoms with Gasteiger partial charge in [0.1, 0.15) is 0 Å². The topological polar surface area (TPSA) is 72.4 Å². The van der Waals surface area contributed by atoms with Crippen molar-refractivity contribution in [1.82, 2.24) is 10.1 Å². The zero-order valence-corrected chi connectivity index (χ0v) is 16.4. The summed E-state index contributed by atoms with van der Waals surface area (Å²) < 4.78 is 5.00. The average molecular weight is 387 g/mol. The fraction of sp³-hybridized carbons (Fsp3) is 0.333. The Labute approximate surface area is 170 Å². The van der Waals surface area contributed by atoms with Crippen molar-refractivity contribution in [2.45, 2.75) is 37.5 Å². The van der Waals surface area contributed by atoms with Crippen molar-refractivity contribution in [1.29, 1.82) is 0 Å². The summed E-state index contributed by atoms with van der Waals surface area (Å²) in [4.78, 5) is 15.2. The van der Waals surface area contributed by atoms with Gasteiger partial charge in [-0.15, -0.1) is 0 Å². The summed E-state index contributed by atoms with van der Waals surface area (Å²) in [5, 5.41) is 4.04. The number of carbonyl (C=O) groups is 1. The lowest BCUT2D eigenvalue weighted by Gasteiger charge is -2.31. The van der Waals surface area contributed by atoms with Gasteiger partial charge in [-0.25, -0.2) is 0 Å². The predicted octanol–water partition coefficient (Wildman–Crippen LogP) is 4.82. The lowest BCUT2D eigenvalue weighted by molar-refractivity contribution is 0.0711. The van der Waals surface area contributed by atoms with E-state index in [1.165, 1.54) is 29.5 Å². The van der Waals surface area contributed by atoms with E-state index in [0.717, 1.165) is 37.2 Å². The molecule has 5 nitrogen and oxygen atoms in total. The molecular formula is C24H25N3O2. The summed E-state index contributed by atoms with van der Waals surface area (Å²) in [7, 11) is 0. The van der Waals surface area contributed by atoms with Crippen LogP contribution >= 0.6 is 0 Å². The summed E-state index contributed by atoms with van der Waals surface area (Å²) in [5.41, 5.74) is 11.1. The van der Waals surface area contributed by atoms with Gasteiger partial charge in [-0.1, -0.05) is 41.6 Å². The number of anilines is 1. The molecule has 2 aliphatic rings. The molecule has 0 atom stereocenters. The largest absolute Gasteiger partial charge is 0.368 e. The van der Waals surface area contributed by atoms with Gasteiger partial charge in [0.25, 0.3) is 5.91 Å². The van der Waals surface area contributed by atoms with E-state index in [9.17, 15) is 4.79 Å². The third kappa shape index (κ3) is 3.65. The number of benzene rings is 2. The minimum absolute atomic E-state index is 0.114. The van der Waals surface area contributed by atoms with Crippen LogP contribution in [0.15, 0.2) is 59.1 Å². The molecule has 29 heavy (non-hydrogen) atoms. The van der Waals surface area contributed by atoms with Crippen LogP contribution in [0.3, 0.4) is 0 Å². The number of aromatic nitrogens is 1. The highest BCUT2D eigenvalue weighted by Crippen LogP contribution is 2.44. The minimum atomic E-state index is 0.114. The molecule has 3 aromatic rings. The Hall–Kier alpha value is -3.08. The fourth-order valence-electron chi connectivity index (χ4n) is 4.36. The number of carbonyl (C=O) groups excluding carboxylic acids is 1. The second-order valence-electron chi connectivity index (χ2n) is 8.16. The minimum Gasteiger partial charge on any atom is -0.368 e. The quantitative estimate of drug-likeness (QED) is 0.696. The van der Waals surface area contributed by atoms with Gasteiger partial charge in [0.2, 0.25) is 5.88 Å². The van der Waals surface area contributed by atoms with Crippen LogP contribution in [0.1, 0.15) is 59.1 Å². The van der Waals surface area contributed by atoms with Gasteiger partial charge in [-0.05, 0) is 60.4 Å². The fourth-order valence-corrected chi connectivity index (χ4v) is 4.36. The monoisotopic (exact) mass is 387 g/mol. The number of likely N-dealkylation sites (tertiary alicyclic amines) is 1. The van der Waals surface area contributed by atoms with Gasteiger partial charge < -0.3 is 15.2 Å². The zero-order valence-electron chi connectivity index (χ0n) is 16.4. The van der Waals surface area contributed by atoms with Gasteiger partial charge in [0.05, 0.1) is 5.69 Å². The van der Waals surface area contributed by atoms with Gasteiger partial charge in [0, 0.05) is 30.6 Å². The van der Waals surface area contributed by atoms with Crippen LogP contribution in [0.25, 0.3) is 11.1 Å². The Morgan fingerprint density at radius 1 is 0.966 bits per heavy atom. The van der Waals surface area contributed by atoms with Crippen molar-refractivity contribution in [3.8, 4) is 11.1 Å². The maximum atomic E-state index is 13.2. The average Bonchev–Trinajstić information content (AvgIpc) is 3.53. The van der Waals surface area contributed by atoms with Crippen LogP contribution in [-0.4, -0.2) is 29.1 Å². The van der Waals surface area contributed by atoms with E-state index in [0.29, 0.717) is 17.7 Å². The maximum absolute atomic E-state index is 13.2. The van der Waals surface area contributed by atoms with Crippen molar-refractivity contribution in [2.24, 2.45) is 0 Å². The van der Waals surface area contributed by atoms with Gasteiger partial charge in [-0.2, -0.15) is 0 Å². The molecule has 1 aromatic heterocycles. The lowest BCUT2D eigenvalue weighted by Crippen LogP contribution is -2.38. The lowest BCUT2D eigenvalue weighted by atomic mass is 9.92. The van der Waals surface area contributed by atoms with Crippen molar-refractivity contribution >= 4 is 11.8 Å². The summed E-state index contributed by atoms with van der Waals surface area (Å²) in [6.45, 7) is 1.45. The Balaban J connectivity index is 1.35. The van der Waals surface area contributed by atoms with Crippen molar-refractivity contribution < 1.29 is 9.32 Å². The molecule has 1 aliphatic heterocycles. The van der Waals surface area contributed by atoms with E-state index in [4.69, 9.17) is 10.3 Å². The highest BCUT2D eigenvalue weighted by atomic mass is 16.5. The highest BCUT2D eigenvalue weighted by Gasteiger charge is 2.29. The van der Waals surface area contributed by atoms with E-state index < -0.39 is 0 Å². The van der Waals surface area contributed by atoms with Gasteiger partial charge in [0.15, 0.2) is 0 Å². The maximum Gasteiger partial charge on any atom is 0.253 e. The predicted molar refractivity (Wildman–Crippen MR) is 113 cm³/mol. The Morgan fingerprint density at radius 2 is 1.72 bits per heavy atom. The van der Waals surface area contributed by atoms with E-state index >= 15 is 0 Å². The Morgan fingerprint density at radius 3 is 2.38 bits per heavy atom. The van der Waals surface area contributed by atoms with E-state index in [-0.39, 0.29) is 5.91 Å². The Bertz CT molecular complexity index is 1020. The van der Waals surface area contributed by atoms with E-state index in [2.05, 4.69) is 41.6 Å². The molecular weight excluding hydrogens is 362 g/mol. The first-order chi connectivity index (χ1) is 14.2. The number of nitrogen functional groups attached to an aromatic ring is 1. The van der Waals surface area contributed by atoms with Crippen LogP contribution in [0, 0.1) is 0 Å². The summed E-state index contributed by atoms with van der Waals surface area (Å²) in [5.74, 6) is 1.41. The summed E-state index contributed by atoms with van der Waals surface area (Å²) >= 11 is 0. The van der Waals surface area contributed by atoms with Crippen molar-refractivity contribution in [3.05, 3.63) is 71.4 Å². The van der Waals surface area contributed by atoms with Crippen molar-refractivity contribution in [3.63, 3.8) is 0 Å². The second kappa shape index (κ2) is 7.39. The summed E-state index contributed by atoms with van der Waals surface area (Å²) in [6, 6.07) is 18.5. The molecule has 2 N–H and O–H groups in total. The van der Waals surface area contributed by atoms with Crippen LogP contribution in [0.5, 0.6) is 0 Å². The molecule has 1 saturated heterocycles. The van der Waals surface area contributed by atoms with E-state index in [1.54, 1.807) is 6.07 Å². The number of hydrogen-bond donors (Lipinski definition) is 1. The van der Waals surface area contributed by atoms with Crippen molar-refractivity contribution in [2.75, 3.05) is 18.8 Å². The SMILES string of the molecule is Nc1cc(C2CCN(C(=O)c3ccc(C4CC4)c(-c4ccccc4)c3)CC2)no1. The number of amides is 1. The molecule has 5 heteroatoms. The van der Waals surface area contributed by atoms with Gasteiger partial charge >= 0.3 is 0 Å². The third-order valence-electron chi connectivity index (χ3n) is 6.15. The normalized spacial score (nSPS) is 17.4. The first kappa shape index (κ1) is 18.0.